The first-order chi connectivity index (χ1) is 15.6. The summed E-state index contributed by atoms with van der Waals surface area (Å²) in [5.74, 6) is 2.09. The Morgan fingerprint density at radius 2 is 1.62 bits per heavy atom. The summed E-state index contributed by atoms with van der Waals surface area (Å²) in [6, 6.07) is 19.2. The van der Waals surface area contributed by atoms with Gasteiger partial charge in [0.05, 0.1) is 6.21 Å². The van der Waals surface area contributed by atoms with Crippen molar-refractivity contribution in [3.05, 3.63) is 75.4 Å². The van der Waals surface area contributed by atoms with Gasteiger partial charge in [-0.2, -0.15) is 10.1 Å². The van der Waals surface area contributed by atoms with Gasteiger partial charge < -0.3 is 9.73 Å². The number of rotatable bonds is 6. The Morgan fingerprint density at radius 3 is 2.41 bits per heavy atom. The number of fused-ring (bicyclic) bond motifs is 1. The van der Waals surface area contributed by atoms with Crippen LogP contribution in [0.25, 0.3) is 22.6 Å². The molecular formula is C21H13Br2N7O2. The van der Waals surface area contributed by atoms with Crippen LogP contribution in [0.15, 0.2) is 83.8 Å². The highest BCUT2D eigenvalue weighted by Crippen LogP contribution is 2.26. The lowest BCUT2D eigenvalue weighted by Crippen LogP contribution is -2.03. The summed E-state index contributed by atoms with van der Waals surface area (Å²) in [6.07, 6.45) is 1.55. The lowest BCUT2D eigenvalue weighted by molar-refractivity contribution is 0.314. The Kier molecular flexibility index (Phi) is 5.65. The van der Waals surface area contributed by atoms with Crippen molar-refractivity contribution in [2.45, 2.75) is 0 Å². The summed E-state index contributed by atoms with van der Waals surface area (Å²) in [6.45, 7) is 0. The summed E-state index contributed by atoms with van der Waals surface area (Å²) in [5.41, 5.74) is 5.20. The third-order valence-electron chi connectivity index (χ3n) is 4.32. The van der Waals surface area contributed by atoms with Gasteiger partial charge in [0.15, 0.2) is 11.6 Å². The average molecular weight is 555 g/mol. The molecule has 0 fully saturated rings. The van der Waals surface area contributed by atoms with Crippen LogP contribution in [-0.4, -0.2) is 26.5 Å². The summed E-state index contributed by atoms with van der Waals surface area (Å²) in [7, 11) is 0. The van der Waals surface area contributed by atoms with Gasteiger partial charge in [-0.15, -0.1) is 0 Å². The van der Waals surface area contributed by atoms with Crippen LogP contribution in [0.2, 0.25) is 0 Å². The summed E-state index contributed by atoms with van der Waals surface area (Å²) < 4.78 is 12.5. The fourth-order valence-electron chi connectivity index (χ4n) is 2.85. The molecule has 32 heavy (non-hydrogen) atoms. The third kappa shape index (κ3) is 4.53. The molecule has 2 aromatic carbocycles. The van der Waals surface area contributed by atoms with Gasteiger partial charge in [0.25, 0.3) is 0 Å². The molecule has 5 aromatic rings. The van der Waals surface area contributed by atoms with Crippen molar-refractivity contribution in [1.29, 1.82) is 0 Å². The molecule has 9 nitrogen and oxygen atoms in total. The molecule has 0 amide bonds. The molecule has 0 bridgehead atoms. The number of anilines is 3. The first kappa shape index (κ1) is 20.3. The number of halogens is 2. The van der Waals surface area contributed by atoms with Gasteiger partial charge in [-0.05, 0) is 52.8 Å². The van der Waals surface area contributed by atoms with Gasteiger partial charge in [-0.1, -0.05) is 50.1 Å². The predicted octanol–water partition coefficient (Wildman–Crippen LogP) is 5.99. The minimum Gasteiger partial charge on any atom is -0.455 e. The summed E-state index contributed by atoms with van der Waals surface area (Å²) >= 11 is 6.88. The number of hydrogen-bond acceptors (Lipinski definition) is 9. The van der Waals surface area contributed by atoms with E-state index in [0.29, 0.717) is 17.4 Å². The van der Waals surface area contributed by atoms with Crippen LogP contribution in [0.5, 0.6) is 0 Å². The van der Waals surface area contributed by atoms with Crippen LogP contribution in [0.3, 0.4) is 0 Å². The van der Waals surface area contributed by atoms with E-state index >= 15 is 0 Å². The van der Waals surface area contributed by atoms with Crippen molar-refractivity contribution in [2.75, 3.05) is 10.7 Å². The smallest absolute Gasteiger partial charge is 0.245 e. The van der Waals surface area contributed by atoms with E-state index in [-0.39, 0.29) is 11.3 Å². The van der Waals surface area contributed by atoms with Crippen molar-refractivity contribution < 1.29 is 9.05 Å². The van der Waals surface area contributed by atoms with Gasteiger partial charge in [0.2, 0.25) is 11.3 Å². The third-order valence-corrected chi connectivity index (χ3v) is 5.34. The lowest BCUT2D eigenvalue weighted by Gasteiger charge is -2.09. The minimum atomic E-state index is 0.262. The fourth-order valence-corrected chi connectivity index (χ4v) is 3.52. The molecule has 3 heterocycles. The molecule has 0 aliphatic heterocycles. The monoisotopic (exact) mass is 553 g/mol. The summed E-state index contributed by atoms with van der Waals surface area (Å²) in [4.78, 5) is 8.80. The maximum atomic E-state index is 5.85. The highest BCUT2D eigenvalue weighted by Gasteiger charge is 2.13. The Hall–Kier alpha value is -3.57. The van der Waals surface area contributed by atoms with Gasteiger partial charge in [-0.25, -0.2) is 9.61 Å². The van der Waals surface area contributed by atoms with Gasteiger partial charge in [0, 0.05) is 20.2 Å². The molecule has 0 saturated heterocycles. The van der Waals surface area contributed by atoms with E-state index < -0.39 is 0 Å². The molecule has 3 aromatic heterocycles. The van der Waals surface area contributed by atoms with Gasteiger partial charge >= 0.3 is 0 Å². The number of nitrogens with one attached hydrogen (secondary N) is 2. The largest absolute Gasteiger partial charge is 0.455 e. The predicted molar refractivity (Wildman–Crippen MR) is 128 cm³/mol. The molecule has 0 unspecified atom stereocenters. The number of furan rings is 1. The van der Waals surface area contributed by atoms with Crippen LogP contribution < -0.4 is 10.7 Å². The first-order valence-corrected chi connectivity index (χ1v) is 10.9. The Bertz CT molecular complexity index is 1410. The molecular weight excluding hydrogens is 542 g/mol. The first-order valence-electron chi connectivity index (χ1n) is 9.32. The molecule has 0 aliphatic carbocycles. The van der Waals surface area contributed by atoms with Crippen molar-refractivity contribution in [2.24, 2.45) is 5.10 Å². The number of benzene rings is 2. The Morgan fingerprint density at radius 1 is 0.844 bits per heavy atom. The standard InChI is InChI=1S/C21H13Br2N7O2/c22-13-6-4-12(5-7-13)17-9-8-16(31-17)11-24-28-19-18(25-15-3-1-2-14(23)10-15)26-20-21(27-19)30-32-29-20/h1-11H,(H,25,26,29)(H,27,28,30). The van der Waals surface area contributed by atoms with E-state index in [4.69, 9.17) is 9.05 Å². The SMILES string of the molecule is Brc1ccc(-c2ccc(C=NNc3nc4nonc4nc3Nc3cccc(Br)c3)o2)cc1. The van der Waals surface area contributed by atoms with Crippen LogP contribution >= 0.6 is 31.9 Å². The van der Waals surface area contributed by atoms with E-state index in [1.54, 1.807) is 6.21 Å². The molecule has 5 rings (SSSR count). The van der Waals surface area contributed by atoms with Crippen LogP contribution in [0, 0.1) is 0 Å². The van der Waals surface area contributed by atoms with E-state index in [0.717, 1.165) is 26.0 Å². The van der Waals surface area contributed by atoms with Gasteiger partial charge in [0.1, 0.15) is 11.5 Å². The molecule has 0 spiro atoms. The molecule has 0 radical (unpaired) electrons. The molecule has 158 valence electrons. The number of hydrogen-bond donors (Lipinski definition) is 2. The zero-order chi connectivity index (χ0) is 21.9. The second kappa shape index (κ2) is 8.89. The highest BCUT2D eigenvalue weighted by atomic mass is 79.9. The van der Waals surface area contributed by atoms with Crippen molar-refractivity contribution >= 4 is 66.7 Å². The van der Waals surface area contributed by atoms with E-state index in [9.17, 15) is 0 Å². The van der Waals surface area contributed by atoms with Gasteiger partial charge in [-0.3, -0.25) is 5.43 Å². The van der Waals surface area contributed by atoms with Crippen LogP contribution in [-0.2, 0) is 0 Å². The summed E-state index contributed by atoms with van der Waals surface area (Å²) in [5, 5.41) is 14.9. The lowest BCUT2D eigenvalue weighted by atomic mass is 10.2. The van der Waals surface area contributed by atoms with Crippen molar-refractivity contribution in [3.8, 4) is 11.3 Å². The highest BCUT2D eigenvalue weighted by molar-refractivity contribution is 9.10. The number of nitrogens with zero attached hydrogens (tertiary/aromatic N) is 5. The van der Waals surface area contributed by atoms with E-state index in [1.807, 2.05) is 60.7 Å². The van der Waals surface area contributed by atoms with Crippen molar-refractivity contribution in [1.82, 2.24) is 20.3 Å². The molecule has 0 atom stereocenters. The zero-order valence-electron chi connectivity index (χ0n) is 16.2. The molecule has 0 saturated carbocycles. The maximum Gasteiger partial charge on any atom is 0.245 e. The molecule has 0 aliphatic rings. The van der Waals surface area contributed by atoms with E-state index in [2.05, 4.69) is 68.0 Å². The van der Waals surface area contributed by atoms with Crippen molar-refractivity contribution in [3.63, 3.8) is 0 Å². The normalized spacial score (nSPS) is 11.3. The zero-order valence-corrected chi connectivity index (χ0v) is 19.3. The van der Waals surface area contributed by atoms with Crippen LogP contribution in [0.1, 0.15) is 5.76 Å². The second-order valence-electron chi connectivity index (χ2n) is 6.55. The second-order valence-corrected chi connectivity index (χ2v) is 8.38. The topological polar surface area (TPSA) is 114 Å². The minimum absolute atomic E-state index is 0.262. The molecule has 2 N–H and O–H groups in total. The maximum absolute atomic E-state index is 5.85. The fraction of sp³-hybridized carbons (Fsp3) is 0. The van der Waals surface area contributed by atoms with Crippen LogP contribution in [0.4, 0.5) is 17.3 Å². The average Bonchev–Trinajstić information content (AvgIpc) is 3.44. The van der Waals surface area contributed by atoms with E-state index in [1.165, 1.54) is 0 Å². The Labute approximate surface area is 198 Å². The number of hydrazone groups is 1. The molecule has 11 heteroatoms. The quantitative estimate of drug-likeness (QED) is 0.194. The Balaban J connectivity index is 1.37. The number of aromatic nitrogens is 4.